The highest BCUT2D eigenvalue weighted by molar-refractivity contribution is 6.31. The number of halogens is 1. The molecule has 1 unspecified atom stereocenters. The summed E-state index contributed by atoms with van der Waals surface area (Å²) in [4.78, 5) is 27.8. The SMILES string of the molecule is CC(C)(C)OC(=O)Nc1ccc(Cl)cc1-c1cnc2c(c1)CCC2(O)C(=O)O. The fourth-order valence-electron chi connectivity index (χ4n) is 3.14. The van der Waals surface area contributed by atoms with Crippen LogP contribution in [0, 0.1) is 0 Å². The molecule has 1 aliphatic rings. The lowest BCUT2D eigenvalue weighted by Gasteiger charge is -2.21. The Bertz CT molecular complexity index is 954. The number of benzene rings is 1. The minimum absolute atomic E-state index is 0.0622. The first-order valence-corrected chi connectivity index (χ1v) is 9.12. The topological polar surface area (TPSA) is 109 Å². The van der Waals surface area contributed by atoms with E-state index in [9.17, 15) is 19.8 Å². The Balaban J connectivity index is 1.98. The van der Waals surface area contributed by atoms with Crippen LogP contribution in [0.1, 0.15) is 38.4 Å². The molecule has 3 N–H and O–H groups in total. The molecule has 1 aromatic heterocycles. The first-order chi connectivity index (χ1) is 13.0. The Morgan fingerprint density at radius 1 is 1.29 bits per heavy atom. The van der Waals surface area contributed by atoms with Gasteiger partial charge in [0.05, 0.1) is 11.4 Å². The van der Waals surface area contributed by atoms with E-state index in [1.807, 2.05) is 0 Å². The largest absolute Gasteiger partial charge is 0.479 e. The lowest BCUT2D eigenvalue weighted by molar-refractivity contribution is -0.159. The Labute approximate surface area is 167 Å². The van der Waals surface area contributed by atoms with Gasteiger partial charge in [-0.25, -0.2) is 9.59 Å². The highest BCUT2D eigenvalue weighted by Gasteiger charge is 2.45. The molecule has 1 aromatic carbocycles. The summed E-state index contributed by atoms with van der Waals surface area (Å²) in [5.74, 6) is -1.32. The fourth-order valence-corrected chi connectivity index (χ4v) is 3.31. The average Bonchev–Trinajstić information content (AvgIpc) is 2.93. The number of aromatic nitrogens is 1. The minimum atomic E-state index is -1.97. The first-order valence-electron chi connectivity index (χ1n) is 8.75. The number of carboxylic acid groups (broad SMARTS) is 1. The summed E-state index contributed by atoms with van der Waals surface area (Å²) in [5, 5.41) is 22.8. The van der Waals surface area contributed by atoms with E-state index in [0.717, 1.165) is 0 Å². The van der Waals surface area contributed by atoms with E-state index in [4.69, 9.17) is 16.3 Å². The summed E-state index contributed by atoms with van der Waals surface area (Å²) in [6.07, 6.45) is 1.30. The van der Waals surface area contributed by atoms with E-state index in [-0.39, 0.29) is 12.1 Å². The molecule has 0 saturated carbocycles. The van der Waals surface area contributed by atoms with Crippen molar-refractivity contribution in [1.82, 2.24) is 4.98 Å². The second kappa shape index (κ2) is 7.07. The molecule has 0 fully saturated rings. The van der Waals surface area contributed by atoms with Crippen molar-refractivity contribution in [3.8, 4) is 11.1 Å². The summed E-state index contributed by atoms with van der Waals surface area (Å²) in [6, 6.07) is 6.73. The van der Waals surface area contributed by atoms with Gasteiger partial charge in [-0.3, -0.25) is 10.3 Å². The van der Waals surface area contributed by atoms with Crippen LogP contribution < -0.4 is 5.32 Å². The van der Waals surface area contributed by atoms with Gasteiger partial charge in [-0.15, -0.1) is 0 Å². The second-order valence-electron chi connectivity index (χ2n) is 7.71. The number of aliphatic carboxylic acids is 1. The Hall–Kier alpha value is -2.64. The number of aryl methyl sites for hydroxylation is 1. The zero-order valence-corrected chi connectivity index (χ0v) is 16.5. The van der Waals surface area contributed by atoms with Crippen molar-refractivity contribution < 1.29 is 24.5 Å². The van der Waals surface area contributed by atoms with E-state index >= 15 is 0 Å². The fraction of sp³-hybridized carbons (Fsp3) is 0.350. The van der Waals surface area contributed by atoms with E-state index in [1.165, 1.54) is 6.20 Å². The van der Waals surface area contributed by atoms with Crippen LogP contribution in [0.2, 0.25) is 5.02 Å². The maximum atomic E-state index is 12.2. The third kappa shape index (κ3) is 3.95. The Kier molecular flexibility index (Phi) is 5.08. The van der Waals surface area contributed by atoms with E-state index in [2.05, 4.69) is 10.3 Å². The maximum absolute atomic E-state index is 12.2. The van der Waals surface area contributed by atoms with Gasteiger partial charge in [0.25, 0.3) is 0 Å². The zero-order valence-electron chi connectivity index (χ0n) is 15.7. The normalized spacial score (nSPS) is 18.5. The van der Waals surface area contributed by atoms with Gasteiger partial charge < -0.3 is 14.9 Å². The summed E-state index contributed by atoms with van der Waals surface area (Å²) in [5.41, 5.74) is -0.0985. The van der Waals surface area contributed by atoms with Crippen LogP contribution in [0.15, 0.2) is 30.5 Å². The van der Waals surface area contributed by atoms with Crippen molar-refractivity contribution in [2.75, 3.05) is 5.32 Å². The van der Waals surface area contributed by atoms with Gasteiger partial charge in [0.1, 0.15) is 5.60 Å². The van der Waals surface area contributed by atoms with Gasteiger partial charge in [0, 0.05) is 22.3 Å². The zero-order chi connectivity index (χ0) is 20.7. The molecule has 0 aliphatic heterocycles. The van der Waals surface area contributed by atoms with Crippen LogP contribution in [-0.4, -0.2) is 32.9 Å². The first kappa shape index (κ1) is 20.1. The van der Waals surface area contributed by atoms with Gasteiger partial charge in [-0.05, 0) is 63.4 Å². The summed E-state index contributed by atoms with van der Waals surface area (Å²) >= 11 is 6.13. The number of anilines is 1. The molecule has 3 rings (SSSR count). The van der Waals surface area contributed by atoms with E-state index in [1.54, 1.807) is 45.0 Å². The highest BCUT2D eigenvalue weighted by atomic mass is 35.5. The van der Waals surface area contributed by atoms with Gasteiger partial charge in [0.15, 0.2) is 0 Å². The van der Waals surface area contributed by atoms with Crippen LogP contribution >= 0.6 is 11.6 Å². The number of nitrogens with zero attached hydrogens (tertiary/aromatic N) is 1. The standard InChI is InChI=1S/C20H21ClN2O5/c1-19(2,3)28-18(26)23-15-5-4-13(21)9-14(15)12-8-11-6-7-20(27,17(24)25)16(11)22-10-12/h4-5,8-10,27H,6-7H2,1-3H3,(H,23,26)(H,24,25). The molecular weight excluding hydrogens is 384 g/mol. The second-order valence-corrected chi connectivity index (χ2v) is 8.15. The third-order valence-electron chi connectivity index (χ3n) is 4.40. The number of ether oxygens (including phenoxy) is 1. The van der Waals surface area contributed by atoms with E-state index < -0.39 is 23.3 Å². The number of pyridine rings is 1. The lowest BCUT2D eigenvalue weighted by Crippen LogP contribution is -2.33. The number of amides is 1. The van der Waals surface area contributed by atoms with Gasteiger partial charge >= 0.3 is 12.1 Å². The maximum Gasteiger partial charge on any atom is 0.412 e. The smallest absolute Gasteiger partial charge is 0.412 e. The van der Waals surface area contributed by atoms with Crippen molar-refractivity contribution in [3.63, 3.8) is 0 Å². The highest BCUT2D eigenvalue weighted by Crippen LogP contribution is 2.39. The predicted molar refractivity (Wildman–Crippen MR) is 104 cm³/mol. The number of hydrogen-bond acceptors (Lipinski definition) is 5. The molecule has 8 heteroatoms. The van der Waals surface area contributed by atoms with Crippen molar-refractivity contribution in [3.05, 3.63) is 46.7 Å². The van der Waals surface area contributed by atoms with Crippen molar-refractivity contribution in [1.29, 1.82) is 0 Å². The number of carboxylic acids is 1. The van der Waals surface area contributed by atoms with Gasteiger partial charge in [-0.2, -0.15) is 0 Å². The average molecular weight is 405 g/mol. The number of carbonyl (C=O) groups excluding carboxylic acids is 1. The molecule has 0 bridgehead atoms. The molecule has 1 amide bonds. The quantitative estimate of drug-likeness (QED) is 0.714. The number of rotatable bonds is 3. The molecule has 0 spiro atoms. The third-order valence-corrected chi connectivity index (χ3v) is 4.63. The van der Waals surface area contributed by atoms with Gasteiger partial charge in [0.2, 0.25) is 5.60 Å². The summed E-state index contributed by atoms with van der Waals surface area (Å²) in [7, 11) is 0. The Morgan fingerprint density at radius 2 is 2.00 bits per heavy atom. The summed E-state index contributed by atoms with van der Waals surface area (Å²) in [6.45, 7) is 5.30. The van der Waals surface area contributed by atoms with Crippen LogP contribution in [0.4, 0.5) is 10.5 Å². The molecule has 2 aromatic rings. The molecule has 0 saturated heterocycles. The molecule has 1 heterocycles. The van der Waals surface area contributed by atoms with Crippen molar-refractivity contribution >= 4 is 29.4 Å². The van der Waals surface area contributed by atoms with Crippen LogP contribution in [-0.2, 0) is 21.6 Å². The molecular formula is C20H21ClN2O5. The van der Waals surface area contributed by atoms with Crippen LogP contribution in [0.3, 0.4) is 0 Å². The number of fused-ring (bicyclic) bond motifs is 1. The minimum Gasteiger partial charge on any atom is -0.479 e. The van der Waals surface area contributed by atoms with Crippen LogP contribution in [0.5, 0.6) is 0 Å². The van der Waals surface area contributed by atoms with Crippen molar-refractivity contribution in [2.24, 2.45) is 0 Å². The molecule has 28 heavy (non-hydrogen) atoms. The molecule has 0 radical (unpaired) electrons. The molecule has 7 nitrogen and oxygen atoms in total. The molecule has 1 aliphatic carbocycles. The van der Waals surface area contributed by atoms with Crippen molar-refractivity contribution in [2.45, 2.75) is 44.8 Å². The van der Waals surface area contributed by atoms with Gasteiger partial charge in [-0.1, -0.05) is 11.6 Å². The van der Waals surface area contributed by atoms with Crippen LogP contribution in [0.25, 0.3) is 11.1 Å². The lowest BCUT2D eigenvalue weighted by atomic mass is 9.99. The number of nitrogens with one attached hydrogen (secondary N) is 1. The predicted octanol–water partition coefficient (Wildman–Crippen LogP) is 3.97. The number of aliphatic hydroxyl groups is 1. The monoisotopic (exact) mass is 404 g/mol. The molecule has 1 atom stereocenters. The Morgan fingerprint density at radius 3 is 2.64 bits per heavy atom. The number of carbonyl (C=O) groups is 2. The summed E-state index contributed by atoms with van der Waals surface area (Å²) < 4.78 is 5.29. The number of hydrogen-bond donors (Lipinski definition) is 3. The molecule has 148 valence electrons. The van der Waals surface area contributed by atoms with E-state index in [0.29, 0.717) is 33.8 Å².